The first-order valence-corrected chi connectivity index (χ1v) is 8.59. The molecule has 0 bridgehead atoms. The average molecular weight is 368 g/mol. The first kappa shape index (κ1) is 19.5. The van der Waals surface area contributed by atoms with Crippen molar-refractivity contribution in [3.8, 4) is 11.5 Å². The second-order valence-electron chi connectivity index (χ2n) is 5.68. The van der Waals surface area contributed by atoms with Crippen LogP contribution in [0.5, 0.6) is 11.5 Å². The van der Waals surface area contributed by atoms with Gasteiger partial charge in [-0.1, -0.05) is 23.7 Å². The Labute approximate surface area is 152 Å². The maximum atomic E-state index is 13.8. The number of halogens is 2. The minimum atomic E-state index is -0.403. The highest BCUT2D eigenvalue weighted by Crippen LogP contribution is 2.30. The standard InChI is InChI=1S/C19H23ClFNO3/c1-3-24-19-9-14(11-22-10-13(2)23)7-8-18(19)25-12-15-16(20)5-4-6-17(15)21/h4-9,13,22-23H,3,10-12H2,1-2H3. The molecule has 0 aliphatic heterocycles. The molecule has 0 aliphatic rings. The van der Waals surface area contributed by atoms with E-state index >= 15 is 0 Å². The summed E-state index contributed by atoms with van der Waals surface area (Å²) in [7, 11) is 0. The SMILES string of the molecule is CCOc1cc(CNCC(C)O)ccc1OCc1c(F)cccc1Cl. The van der Waals surface area contributed by atoms with Crippen LogP contribution in [0.3, 0.4) is 0 Å². The van der Waals surface area contributed by atoms with Gasteiger partial charge in [0.25, 0.3) is 0 Å². The molecule has 0 aromatic heterocycles. The highest BCUT2D eigenvalue weighted by molar-refractivity contribution is 6.31. The lowest BCUT2D eigenvalue weighted by Gasteiger charge is -2.15. The molecule has 2 aromatic rings. The summed E-state index contributed by atoms with van der Waals surface area (Å²) in [5.74, 6) is 0.719. The van der Waals surface area contributed by atoms with Gasteiger partial charge < -0.3 is 19.9 Å². The Morgan fingerprint density at radius 3 is 2.68 bits per heavy atom. The van der Waals surface area contributed by atoms with Crippen LogP contribution >= 0.6 is 11.6 Å². The van der Waals surface area contributed by atoms with Crippen LogP contribution in [0.2, 0.25) is 5.02 Å². The lowest BCUT2D eigenvalue weighted by atomic mass is 10.2. The van der Waals surface area contributed by atoms with E-state index < -0.39 is 11.9 Å². The van der Waals surface area contributed by atoms with Gasteiger partial charge in [-0.15, -0.1) is 0 Å². The van der Waals surface area contributed by atoms with Crippen LogP contribution in [0, 0.1) is 5.82 Å². The molecule has 6 heteroatoms. The fourth-order valence-electron chi connectivity index (χ4n) is 2.30. The van der Waals surface area contributed by atoms with Gasteiger partial charge in [-0.05, 0) is 43.7 Å². The maximum Gasteiger partial charge on any atom is 0.161 e. The van der Waals surface area contributed by atoms with Crippen LogP contribution in [-0.2, 0) is 13.2 Å². The van der Waals surface area contributed by atoms with Crippen LogP contribution in [-0.4, -0.2) is 24.4 Å². The van der Waals surface area contributed by atoms with Crippen LogP contribution in [0.4, 0.5) is 4.39 Å². The highest BCUT2D eigenvalue weighted by Gasteiger charge is 2.11. The molecule has 0 saturated carbocycles. The first-order valence-electron chi connectivity index (χ1n) is 8.21. The molecule has 0 radical (unpaired) electrons. The predicted octanol–water partition coefficient (Wildman–Crippen LogP) is 3.93. The van der Waals surface area contributed by atoms with Gasteiger partial charge in [-0.2, -0.15) is 0 Å². The Balaban J connectivity index is 2.08. The van der Waals surface area contributed by atoms with Gasteiger partial charge in [0.2, 0.25) is 0 Å². The smallest absolute Gasteiger partial charge is 0.161 e. The van der Waals surface area contributed by atoms with Crippen LogP contribution < -0.4 is 14.8 Å². The molecule has 1 unspecified atom stereocenters. The minimum Gasteiger partial charge on any atom is -0.490 e. The first-order chi connectivity index (χ1) is 12.0. The molecule has 25 heavy (non-hydrogen) atoms. The largest absolute Gasteiger partial charge is 0.490 e. The molecule has 136 valence electrons. The molecular formula is C19H23ClFNO3. The van der Waals surface area contributed by atoms with Gasteiger partial charge in [0.15, 0.2) is 11.5 Å². The number of benzene rings is 2. The van der Waals surface area contributed by atoms with Gasteiger partial charge in [0, 0.05) is 18.7 Å². The fraction of sp³-hybridized carbons (Fsp3) is 0.368. The Kier molecular flexibility index (Phi) is 7.50. The van der Waals surface area contributed by atoms with Gasteiger partial charge in [-0.3, -0.25) is 0 Å². The molecule has 0 aliphatic carbocycles. The summed E-state index contributed by atoms with van der Waals surface area (Å²) in [5, 5.41) is 12.8. The summed E-state index contributed by atoms with van der Waals surface area (Å²) >= 11 is 6.02. The summed E-state index contributed by atoms with van der Waals surface area (Å²) in [6.45, 7) is 5.23. The lowest BCUT2D eigenvalue weighted by Crippen LogP contribution is -2.23. The number of nitrogens with one attached hydrogen (secondary N) is 1. The van der Waals surface area contributed by atoms with E-state index in [1.807, 2.05) is 19.1 Å². The summed E-state index contributed by atoms with van der Waals surface area (Å²) in [5.41, 5.74) is 1.31. The quantitative estimate of drug-likeness (QED) is 0.705. The molecule has 2 rings (SSSR count). The third-order valence-electron chi connectivity index (χ3n) is 3.51. The average Bonchev–Trinajstić information content (AvgIpc) is 2.56. The monoisotopic (exact) mass is 367 g/mol. The summed E-state index contributed by atoms with van der Waals surface area (Å²) in [6.07, 6.45) is -0.403. The van der Waals surface area contributed by atoms with Crippen molar-refractivity contribution in [2.75, 3.05) is 13.2 Å². The van der Waals surface area contributed by atoms with E-state index in [0.717, 1.165) is 5.56 Å². The van der Waals surface area contributed by atoms with Crippen molar-refractivity contribution in [3.05, 3.63) is 58.4 Å². The second-order valence-corrected chi connectivity index (χ2v) is 6.09. The highest BCUT2D eigenvalue weighted by atomic mass is 35.5. The van der Waals surface area contributed by atoms with Crippen molar-refractivity contribution in [2.45, 2.75) is 33.1 Å². The normalized spacial score (nSPS) is 12.0. The number of rotatable bonds is 9. The van der Waals surface area contributed by atoms with E-state index in [4.69, 9.17) is 21.1 Å². The Morgan fingerprint density at radius 1 is 1.20 bits per heavy atom. The summed E-state index contributed by atoms with van der Waals surface area (Å²) in [4.78, 5) is 0. The van der Waals surface area contributed by atoms with E-state index in [0.29, 0.717) is 41.8 Å². The van der Waals surface area contributed by atoms with Crippen LogP contribution in [0.1, 0.15) is 25.0 Å². The third-order valence-corrected chi connectivity index (χ3v) is 3.86. The third kappa shape index (κ3) is 5.88. The van der Waals surface area contributed by atoms with E-state index in [9.17, 15) is 9.50 Å². The van der Waals surface area contributed by atoms with Gasteiger partial charge in [0.1, 0.15) is 12.4 Å². The Morgan fingerprint density at radius 2 is 2.00 bits per heavy atom. The maximum absolute atomic E-state index is 13.8. The molecule has 1 atom stereocenters. The molecule has 0 fully saturated rings. The summed E-state index contributed by atoms with van der Waals surface area (Å²) in [6, 6.07) is 10.1. The molecule has 0 amide bonds. The molecule has 0 saturated heterocycles. The molecule has 2 aromatic carbocycles. The van der Waals surface area contributed by atoms with Crippen LogP contribution in [0.25, 0.3) is 0 Å². The predicted molar refractivity (Wildman–Crippen MR) is 96.7 cm³/mol. The number of aliphatic hydroxyl groups is 1. The lowest BCUT2D eigenvalue weighted by molar-refractivity contribution is 0.191. The van der Waals surface area contributed by atoms with Gasteiger partial charge in [0.05, 0.1) is 17.7 Å². The van der Waals surface area contributed by atoms with Crippen molar-refractivity contribution in [1.82, 2.24) is 5.32 Å². The Bertz CT molecular complexity index is 674. The number of hydrogen-bond donors (Lipinski definition) is 2. The molecule has 0 spiro atoms. The number of ether oxygens (including phenoxy) is 2. The van der Waals surface area contributed by atoms with Crippen molar-refractivity contribution in [3.63, 3.8) is 0 Å². The van der Waals surface area contributed by atoms with E-state index in [1.54, 1.807) is 25.1 Å². The van der Waals surface area contributed by atoms with E-state index in [1.165, 1.54) is 6.07 Å². The Hall–Kier alpha value is -1.82. The molecular weight excluding hydrogens is 345 g/mol. The molecule has 2 N–H and O–H groups in total. The topological polar surface area (TPSA) is 50.7 Å². The van der Waals surface area contributed by atoms with Crippen molar-refractivity contribution < 1.29 is 19.0 Å². The number of hydrogen-bond acceptors (Lipinski definition) is 4. The van der Waals surface area contributed by atoms with Crippen molar-refractivity contribution >= 4 is 11.6 Å². The van der Waals surface area contributed by atoms with Crippen molar-refractivity contribution in [1.29, 1.82) is 0 Å². The minimum absolute atomic E-state index is 0.0191. The zero-order valence-electron chi connectivity index (χ0n) is 14.4. The van der Waals surface area contributed by atoms with Gasteiger partial charge >= 0.3 is 0 Å². The zero-order valence-corrected chi connectivity index (χ0v) is 15.1. The second kappa shape index (κ2) is 9.61. The number of aliphatic hydroxyl groups excluding tert-OH is 1. The van der Waals surface area contributed by atoms with E-state index in [-0.39, 0.29) is 6.61 Å². The van der Waals surface area contributed by atoms with E-state index in [2.05, 4.69) is 5.32 Å². The van der Waals surface area contributed by atoms with Crippen LogP contribution in [0.15, 0.2) is 36.4 Å². The zero-order chi connectivity index (χ0) is 18.2. The fourth-order valence-corrected chi connectivity index (χ4v) is 2.51. The molecule has 0 heterocycles. The van der Waals surface area contributed by atoms with Crippen molar-refractivity contribution in [2.24, 2.45) is 0 Å². The molecule has 4 nitrogen and oxygen atoms in total. The van der Waals surface area contributed by atoms with Gasteiger partial charge in [-0.25, -0.2) is 4.39 Å². The summed E-state index contributed by atoms with van der Waals surface area (Å²) < 4.78 is 25.2.